The van der Waals surface area contributed by atoms with E-state index >= 15 is 0 Å². The summed E-state index contributed by atoms with van der Waals surface area (Å²) in [5.41, 5.74) is 1.82. The van der Waals surface area contributed by atoms with Crippen LogP contribution in [0.3, 0.4) is 0 Å². The maximum atomic E-state index is 13.0. The molecule has 1 aliphatic heterocycles. The van der Waals surface area contributed by atoms with Crippen LogP contribution in [0.1, 0.15) is 58.1 Å². The number of hydrogen-bond acceptors (Lipinski definition) is 4. The van der Waals surface area contributed by atoms with Crippen LogP contribution in [0.4, 0.5) is 0 Å². The SMILES string of the molecule is CC(C)C[C@H]1C(=O)N[C@@H](C2CCCCC2)CN1Cc1cc(-c2ccc(Cl)cc2)on1. The fraction of sp³-hybridized carbons (Fsp3) is 0.583. The number of benzene rings is 1. The highest BCUT2D eigenvalue weighted by atomic mass is 35.5. The minimum Gasteiger partial charge on any atom is -0.356 e. The van der Waals surface area contributed by atoms with E-state index in [9.17, 15) is 4.79 Å². The first-order valence-electron chi connectivity index (χ1n) is 11.3. The first-order valence-corrected chi connectivity index (χ1v) is 11.6. The molecule has 5 nitrogen and oxygen atoms in total. The summed E-state index contributed by atoms with van der Waals surface area (Å²) in [6, 6.07) is 9.67. The molecular formula is C24H32ClN3O2. The van der Waals surface area contributed by atoms with Gasteiger partial charge >= 0.3 is 0 Å². The van der Waals surface area contributed by atoms with Crippen molar-refractivity contribution in [3.05, 3.63) is 41.0 Å². The molecule has 6 heteroatoms. The summed E-state index contributed by atoms with van der Waals surface area (Å²) in [5, 5.41) is 8.36. The van der Waals surface area contributed by atoms with Crippen molar-refractivity contribution < 1.29 is 9.32 Å². The largest absolute Gasteiger partial charge is 0.356 e. The van der Waals surface area contributed by atoms with Gasteiger partial charge in [-0.25, -0.2) is 0 Å². The zero-order valence-electron chi connectivity index (χ0n) is 17.9. The zero-order valence-corrected chi connectivity index (χ0v) is 18.7. The predicted octanol–water partition coefficient (Wildman–Crippen LogP) is 5.29. The molecule has 2 atom stereocenters. The van der Waals surface area contributed by atoms with Gasteiger partial charge in [-0.05, 0) is 55.4 Å². The standard InChI is InChI=1S/C24H32ClN3O2/c1-16(2)12-22-24(29)26-21(17-6-4-3-5-7-17)15-28(22)14-20-13-23(30-27-20)18-8-10-19(25)11-9-18/h8-11,13,16-17,21-22H,3-7,12,14-15H2,1-2H3,(H,26,29)/t21-,22+/m1/s1. The first-order chi connectivity index (χ1) is 14.5. The smallest absolute Gasteiger partial charge is 0.237 e. The van der Waals surface area contributed by atoms with Crippen LogP contribution in [0.25, 0.3) is 11.3 Å². The van der Waals surface area contributed by atoms with Crippen LogP contribution in [0.5, 0.6) is 0 Å². The third-order valence-electron chi connectivity index (χ3n) is 6.47. The van der Waals surface area contributed by atoms with Crippen LogP contribution in [0, 0.1) is 11.8 Å². The molecule has 30 heavy (non-hydrogen) atoms. The second kappa shape index (κ2) is 9.52. The number of piperazine rings is 1. The molecule has 2 heterocycles. The van der Waals surface area contributed by atoms with Gasteiger partial charge in [-0.3, -0.25) is 9.69 Å². The number of halogens is 1. The summed E-state index contributed by atoms with van der Waals surface area (Å²) < 4.78 is 5.60. The summed E-state index contributed by atoms with van der Waals surface area (Å²) in [4.78, 5) is 15.4. The van der Waals surface area contributed by atoms with Crippen molar-refractivity contribution in [3.63, 3.8) is 0 Å². The summed E-state index contributed by atoms with van der Waals surface area (Å²) in [5.74, 6) is 1.95. The molecule has 1 aromatic heterocycles. The highest BCUT2D eigenvalue weighted by Crippen LogP contribution is 2.30. The van der Waals surface area contributed by atoms with Crippen molar-refractivity contribution in [1.29, 1.82) is 0 Å². The van der Waals surface area contributed by atoms with Crippen LogP contribution in [-0.4, -0.2) is 34.6 Å². The van der Waals surface area contributed by atoms with E-state index in [1.165, 1.54) is 32.1 Å². The number of nitrogens with zero attached hydrogens (tertiary/aromatic N) is 2. The molecular weight excluding hydrogens is 398 g/mol. The van der Waals surface area contributed by atoms with Gasteiger partial charge in [-0.15, -0.1) is 0 Å². The Morgan fingerprint density at radius 2 is 1.93 bits per heavy atom. The average Bonchev–Trinajstić information content (AvgIpc) is 3.20. The molecule has 2 aromatic rings. The van der Waals surface area contributed by atoms with E-state index < -0.39 is 0 Å². The van der Waals surface area contributed by atoms with E-state index in [1.807, 2.05) is 30.3 Å². The molecule has 1 saturated heterocycles. The van der Waals surface area contributed by atoms with E-state index in [0.29, 0.717) is 23.4 Å². The van der Waals surface area contributed by atoms with E-state index in [0.717, 1.165) is 30.0 Å². The Morgan fingerprint density at radius 3 is 2.63 bits per heavy atom. The number of aromatic nitrogens is 1. The minimum atomic E-state index is -0.111. The fourth-order valence-corrected chi connectivity index (χ4v) is 5.02. The molecule has 2 fully saturated rings. The molecule has 1 N–H and O–H groups in total. The molecule has 4 rings (SSSR count). The zero-order chi connectivity index (χ0) is 21.1. The molecule has 0 spiro atoms. The summed E-state index contributed by atoms with van der Waals surface area (Å²) in [7, 11) is 0. The van der Waals surface area contributed by atoms with Gasteiger partial charge in [0.2, 0.25) is 5.91 Å². The lowest BCUT2D eigenvalue weighted by Crippen LogP contribution is -2.62. The number of carbonyl (C=O) groups is 1. The van der Waals surface area contributed by atoms with E-state index in [4.69, 9.17) is 16.1 Å². The van der Waals surface area contributed by atoms with Crippen LogP contribution in [0.15, 0.2) is 34.9 Å². The Bertz CT molecular complexity index is 842. The molecule has 1 saturated carbocycles. The number of carbonyl (C=O) groups excluding carboxylic acids is 1. The second-order valence-corrected chi connectivity index (χ2v) is 9.71. The second-order valence-electron chi connectivity index (χ2n) is 9.28. The quantitative estimate of drug-likeness (QED) is 0.677. The van der Waals surface area contributed by atoms with Crippen molar-refractivity contribution >= 4 is 17.5 Å². The van der Waals surface area contributed by atoms with E-state index in [-0.39, 0.29) is 18.0 Å². The number of nitrogens with one attached hydrogen (secondary N) is 1. The van der Waals surface area contributed by atoms with Crippen molar-refractivity contribution in [2.75, 3.05) is 6.54 Å². The lowest BCUT2D eigenvalue weighted by Gasteiger charge is -2.43. The van der Waals surface area contributed by atoms with E-state index in [1.54, 1.807) is 0 Å². The van der Waals surface area contributed by atoms with Gasteiger partial charge in [-0.2, -0.15) is 0 Å². The van der Waals surface area contributed by atoms with Crippen molar-refractivity contribution in [2.24, 2.45) is 11.8 Å². The van der Waals surface area contributed by atoms with Crippen molar-refractivity contribution in [2.45, 2.75) is 71.0 Å². The molecule has 1 amide bonds. The fourth-order valence-electron chi connectivity index (χ4n) is 4.90. The molecule has 1 aromatic carbocycles. The average molecular weight is 430 g/mol. The topological polar surface area (TPSA) is 58.4 Å². The summed E-state index contributed by atoms with van der Waals surface area (Å²) in [6.07, 6.45) is 7.17. The van der Waals surface area contributed by atoms with Crippen LogP contribution in [-0.2, 0) is 11.3 Å². The Labute approximate surface area is 184 Å². The number of amides is 1. The maximum absolute atomic E-state index is 13.0. The van der Waals surface area contributed by atoms with Gasteiger partial charge in [0.1, 0.15) is 0 Å². The van der Waals surface area contributed by atoms with Gasteiger partial charge in [-0.1, -0.05) is 49.9 Å². The van der Waals surface area contributed by atoms with Gasteiger partial charge in [0, 0.05) is 35.8 Å². The normalized spacial score (nSPS) is 23.7. The van der Waals surface area contributed by atoms with Gasteiger partial charge in [0.15, 0.2) is 5.76 Å². The van der Waals surface area contributed by atoms with Gasteiger partial charge in [0.05, 0.1) is 11.7 Å². The highest BCUT2D eigenvalue weighted by Gasteiger charge is 2.38. The number of rotatable bonds is 6. The van der Waals surface area contributed by atoms with Crippen LogP contribution in [0.2, 0.25) is 5.02 Å². The highest BCUT2D eigenvalue weighted by molar-refractivity contribution is 6.30. The van der Waals surface area contributed by atoms with Gasteiger partial charge in [0.25, 0.3) is 0 Å². The maximum Gasteiger partial charge on any atom is 0.237 e. The first kappa shape index (κ1) is 21.4. The summed E-state index contributed by atoms with van der Waals surface area (Å²) >= 11 is 5.99. The third-order valence-corrected chi connectivity index (χ3v) is 6.72. The predicted molar refractivity (Wildman–Crippen MR) is 119 cm³/mol. The Morgan fingerprint density at radius 1 is 1.20 bits per heavy atom. The van der Waals surface area contributed by atoms with Crippen molar-refractivity contribution in [3.8, 4) is 11.3 Å². The Kier molecular flexibility index (Phi) is 6.79. The van der Waals surface area contributed by atoms with Crippen molar-refractivity contribution in [1.82, 2.24) is 15.4 Å². The van der Waals surface area contributed by atoms with Crippen LogP contribution >= 0.6 is 11.6 Å². The van der Waals surface area contributed by atoms with Gasteiger partial charge < -0.3 is 9.84 Å². The number of hydrogen-bond donors (Lipinski definition) is 1. The lowest BCUT2D eigenvalue weighted by atomic mass is 9.82. The molecule has 162 valence electrons. The molecule has 1 aliphatic carbocycles. The third kappa shape index (κ3) is 5.06. The molecule has 0 unspecified atom stereocenters. The lowest BCUT2D eigenvalue weighted by molar-refractivity contribution is -0.133. The Hall–Kier alpha value is -1.85. The Balaban J connectivity index is 1.50. The molecule has 2 aliphatic rings. The monoisotopic (exact) mass is 429 g/mol. The molecule has 0 bridgehead atoms. The van der Waals surface area contributed by atoms with E-state index in [2.05, 4.69) is 29.2 Å². The molecule has 0 radical (unpaired) electrons. The minimum absolute atomic E-state index is 0.111. The summed E-state index contributed by atoms with van der Waals surface area (Å²) in [6.45, 7) is 5.86. The van der Waals surface area contributed by atoms with Crippen LogP contribution < -0.4 is 5.32 Å².